The Bertz CT molecular complexity index is 240. The third-order valence-electron chi connectivity index (χ3n) is 4.71. The van der Waals surface area contributed by atoms with Gasteiger partial charge in [0.1, 0.15) is 0 Å². The Kier molecular flexibility index (Phi) is 9.78. The summed E-state index contributed by atoms with van der Waals surface area (Å²) < 4.78 is 0. The van der Waals surface area contributed by atoms with Crippen LogP contribution in [0.3, 0.4) is 0 Å². The molecule has 1 aliphatic rings. The highest BCUT2D eigenvalue weighted by Gasteiger charge is 2.26. The summed E-state index contributed by atoms with van der Waals surface area (Å²) in [7, 11) is 0. The van der Waals surface area contributed by atoms with E-state index < -0.39 is 0 Å². The summed E-state index contributed by atoms with van der Waals surface area (Å²) in [6, 6.07) is 0. The second-order valence-corrected chi connectivity index (χ2v) is 6.58. The van der Waals surface area contributed by atoms with Crippen molar-refractivity contribution in [3.8, 4) is 0 Å². The highest BCUT2D eigenvalue weighted by atomic mass is 16.2. The molecule has 20 heavy (non-hydrogen) atoms. The van der Waals surface area contributed by atoms with Gasteiger partial charge in [-0.25, -0.2) is 0 Å². The van der Waals surface area contributed by atoms with Gasteiger partial charge in [-0.1, -0.05) is 78.1 Å². The normalized spacial score (nSPS) is 18.8. The van der Waals surface area contributed by atoms with Crippen molar-refractivity contribution in [2.24, 2.45) is 11.8 Å². The molecule has 1 saturated heterocycles. The molecule has 0 bridgehead atoms. The van der Waals surface area contributed by atoms with Crippen molar-refractivity contribution in [1.82, 2.24) is 5.32 Å². The molecule has 2 nitrogen and oxygen atoms in total. The molecule has 0 aromatic heterocycles. The second kappa shape index (κ2) is 11.2. The molecule has 0 aliphatic carbocycles. The van der Waals surface area contributed by atoms with E-state index in [-0.39, 0.29) is 0 Å². The Morgan fingerprint density at radius 3 is 2.05 bits per heavy atom. The van der Waals surface area contributed by atoms with Crippen LogP contribution in [0.2, 0.25) is 0 Å². The van der Waals surface area contributed by atoms with Crippen molar-refractivity contribution in [3.05, 3.63) is 0 Å². The van der Waals surface area contributed by atoms with Crippen LogP contribution in [0.25, 0.3) is 0 Å². The van der Waals surface area contributed by atoms with Crippen LogP contribution in [0.15, 0.2) is 0 Å². The van der Waals surface area contributed by atoms with Crippen LogP contribution in [0, 0.1) is 11.8 Å². The lowest BCUT2D eigenvalue weighted by molar-refractivity contribution is -0.122. The van der Waals surface area contributed by atoms with Crippen LogP contribution < -0.4 is 5.32 Å². The van der Waals surface area contributed by atoms with Crippen molar-refractivity contribution in [3.63, 3.8) is 0 Å². The number of carbonyl (C=O) groups excluding carboxylic acids is 1. The highest BCUT2D eigenvalue weighted by Crippen LogP contribution is 2.28. The van der Waals surface area contributed by atoms with Gasteiger partial charge in [0.2, 0.25) is 5.91 Å². The number of hydrogen-bond donors (Lipinski definition) is 1. The first-order valence-electron chi connectivity index (χ1n) is 9.05. The van der Waals surface area contributed by atoms with Crippen molar-refractivity contribution < 1.29 is 4.79 Å². The Morgan fingerprint density at radius 1 is 1.00 bits per heavy atom. The quantitative estimate of drug-likeness (QED) is 0.497. The first kappa shape index (κ1) is 17.5. The van der Waals surface area contributed by atoms with E-state index >= 15 is 0 Å². The summed E-state index contributed by atoms with van der Waals surface area (Å²) >= 11 is 0. The van der Waals surface area contributed by atoms with Crippen LogP contribution in [0.4, 0.5) is 0 Å². The lowest BCUT2D eigenvalue weighted by Gasteiger charge is -2.19. The topological polar surface area (TPSA) is 29.1 Å². The molecule has 1 unspecified atom stereocenters. The van der Waals surface area contributed by atoms with E-state index in [1.54, 1.807) is 0 Å². The maximum Gasteiger partial charge on any atom is 0.223 e. The second-order valence-electron chi connectivity index (χ2n) is 6.58. The molecule has 1 atom stereocenters. The van der Waals surface area contributed by atoms with E-state index in [1.807, 2.05) is 0 Å². The predicted octanol–water partition coefficient (Wildman–Crippen LogP) is 5.07. The highest BCUT2D eigenvalue weighted by molar-refractivity contribution is 5.80. The van der Waals surface area contributed by atoms with Crippen LogP contribution in [0.5, 0.6) is 0 Å². The number of unbranched alkanes of at least 4 members (excludes halogenated alkanes) is 6. The standard InChI is InChI=1S/C18H35NO/c1-3-5-7-9-11-16(12-10-8-6-4-2)15-17-13-14-19-18(17)20/h16-17H,3-15H2,1-2H3,(H,19,20). The molecule has 1 fully saturated rings. The molecule has 1 heterocycles. The molecule has 0 aromatic carbocycles. The summed E-state index contributed by atoms with van der Waals surface area (Å²) in [5.74, 6) is 1.42. The molecule has 118 valence electrons. The molecular formula is C18H35NO. The Hall–Kier alpha value is -0.530. The minimum atomic E-state index is 0.317. The number of amides is 1. The van der Waals surface area contributed by atoms with Gasteiger partial charge in [0.25, 0.3) is 0 Å². The van der Waals surface area contributed by atoms with Gasteiger partial charge in [-0.05, 0) is 18.8 Å². The van der Waals surface area contributed by atoms with Crippen LogP contribution in [0.1, 0.15) is 90.9 Å². The lowest BCUT2D eigenvalue weighted by atomic mass is 9.85. The van der Waals surface area contributed by atoms with Gasteiger partial charge in [-0.2, -0.15) is 0 Å². The molecule has 2 heteroatoms. The molecular weight excluding hydrogens is 246 g/mol. The molecule has 0 spiro atoms. The van der Waals surface area contributed by atoms with Crippen molar-refractivity contribution >= 4 is 5.91 Å². The van der Waals surface area contributed by atoms with E-state index in [0.717, 1.165) is 25.3 Å². The van der Waals surface area contributed by atoms with Gasteiger partial charge in [0.05, 0.1) is 0 Å². The number of carbonyl (C=O) groups is 1. The third-order valence-corrected chi connectivity index (χ3v) is 4.71. The van der Waals surface area contributed by atoms with Crippen LogP contribution in [-0.2, 0) is 4.79 Å². The van der Waals surface area contributed by atoms with Crippen molar-refractivity contribution in [1.29, 1.82) is 0 Å². The molecule has 1 N–H and O–H groups in total. The van der Waals surface area contributed by atoms with E-state index in [0.29, 0.717) is 11.8 Å². The SMILES string of the molecule is CCCCCCC(CCCCCC)CC1CCNC1=O. The molecule has 0 aromatic rings. The smallest absolute Gasteiger partial charge is 0.223 e. The zero-order valence-corrected chi connectivity index (χ0v) is 13.8. The minimum absolute atomic E-state index is 0.317. The Balaban J connectivity index is 2.27. The van der Waals surface area contributed by atoms with Crippen molar-refractivity contribution in [2.45, 2.75) is 90.9 Å². The van der Waals surface area contributed by atoms with Gasteiger partial charge in [0, 0.05) is 12.5 Å². The third kappa shape index (κ3) is 7.31. The molecule has 0 saturated carbocycles. The monoisotopic (exact) mass is 281 g/mol. The summed E-state index contributed by atoms with van der Waals surface area (Å²) in [4.78, 5) is 11.8. The number of hydrogen-bond acceptors (Lipinski definition) is 1. The first-order valence-corrected chi connectivity index (χ1v) is 9.05. The van der Waals surface area contributed by atoms with Crippen LogP contribution >= 0.6 is 0 Å². The minimum Gasteiger partial charge on any atom is -0.356 e. The average molecular weight is 281 g/mol. The number of rotatable bonds is 12. The molecule has 1 rings (SSSR count). The molecule has 1 aliphatic heterocycles. The zero-order valence-electron chi connectivity index (χ0n) is 13.8. The number of nitrogens with one attached hydrogen (secondary N) is 1. The van der Waals surface area contributed by atoms with Gasteiger partial charge in [-0.3, -0.25) is 4.79 Å². The van der Waals surface area contributed by atoms with Gasteiger partial charge in [0.15, 0.2) is 0 Å². The predicted molar refractivity (Wildman–Crippen MR) is 86.7 cm³/mol. The van der Waals surface area contributed by atoms with Crippen LogP contribution in [-0.4, -0.2) is 12.5 Å². The Morgan fingerprint density at radius 2 is 1.60 bits per heavy atom. The molecule has 1 amide bonds. The van der Waals surface area contributed by atoms with E-state index in [2.05, 4.69) is 19.2 Å². The first-order chi connectivity index (χ1) is 9.77. The van der Waals surface area contributed by atoms with Crippen molar-refractivity contribution in [2.75, 3.05) is 6.54 Å². The maximum atomic E-state index is 11.8. The summed E-state index contributed by atoms with van der Waals surface area (Å²) in [5, 5.41) is 2.99. The fourth-order valence-corrected chi connectivity index (χ4v) is 3.37. The fourth-order valence-electron chi connectivity index (χ4n) is 3.37. The zero-order chi connectivity index (χ0) is 14.6. The van der Waals surface area contributed by atoms with Gasteiger partial charge < -0.3 is 5.32 Å². The van der Waals surface area contributed by atoms with Gasteiger partial charge in [-0.15, -0.1) is 0 Å². The average Bonchev–Trinajstić information content (AvgIpc) is 2.84. The largest absolute Gasteiger partial charge is 0.356 e. The van der Waals surface area contributed by atoms with E-state index in [4.69, 9.17) is 0 Å². The lowest BCUT2D eigenvalue weighted by Crippen LogP contribution is -2.21. The fraction of sp³-hybridized carbons (Fsp3) is 0.944. The molecule has 0 radical (unpaired) electrons. The van der Waals surface area contributed by atoms with E-state index in [1.165, 1.54) is 64.2 Å². The van der Waals surface area contributed by atoms with Gasteiger partial charge >= 0.3 is 0 Å². The summed E-state index contributed by atoms with van der Waals surface area (Å²) in [6.45, 7) is 5.44. The maximum absolute atomic E-state index is 11.8. The summed E-state index contributed by atoms with van der Waals surface area (Å²) in [6.07, 6.45) is 15.7. The summed E-state index contributed by atoms with van der Waals surface area (Å²) in [5.41, 5.74) is 0. The Labute approximate surface area is 126 Å². The van der Waals surface area contributed by atoms with E-state index in [9.17, 15) is 4.79 Å².